The van der Waals surface area contributed by atoms with E-state index in [1.165, 1.54) is 4.90 Å². The molecule has 2 atom stereocenters. The Balaban J connectivity index is 1.38. The van der Waals surface area contributed by atoms with Crippen molar-refractivity contribution >= 4 is 11.6 Å². The van der Waals surface area contributed by atoms with Gasteiger partial charge in [-0.3, -0.25) is 9.53 Å². The van der Waals surface area contributed by atoms with Crippen molar-refractivity contribution in [3.05, 3.63) is 76.6 Å². The largest absolute Gasteiger partial charge is 0.535 e. The molecule has 11 heteroatoms. The number of para-hydroxylation sites is 1. The summed E-state index contributed by atoms with van der Waals surface area (Å²) in [5.41, 5.74) is -0.336. The number of rotatable bonds is 2. The summed E-state index contributed by atoms with van der Waals surface area (Å²) in [4.78, 5) is 14.9. The number of allylic oxidation sites excluding steroid dienone is 1. The number of furan rings is 1. The number of anilines is 1. The van der Waals surface area contributed by atoms with Crippen molar-refractivity contribution in [1.29, 1.82) is 0 Å². The molecule has 1 amide bonds. The molecule has 1 aromatic carbocycles. The van der Waals surface area contributed by atoms with Gasteiger partial charge in [-0.25, -0.2) is 0 Å². The quantitative estimate of drug-likeness (QED) is 0.584. The highest BCUT2D eigenvalue weighted by Gasteiger charge is 2.61. The van der Waals surface area contributed by atoms with Crippen molar-refractivity contribution in [3.8, 4) is 0 Å². The molecule has 6 nitrogen and oxygen atoms in total. The fourth-order valence-corrected chi connectivity index (χ4v) is 4.75. The maximum absolute atomic E-state index is 13.7. The Morgan fingerprint density at radius 3 is 2.64 bits per heavy atom. The minimum atomic E-state index is -4.65. The third-order valence-corrected chi connectivity index (χ3v) is 6.10. The van der Waals surface area contributed by atoms with Gasteiger partial charge in [0.1, 0.15) is 23.4 Å². The number of halogens is 5. The third-order valence-electron chi connectivity index (χ3n) is 6.10. The number of ether oxygens (including phenoxy) is 3. The summed E-state index contributed by atoms with van der Waals surface area (Å²) < 4.78 is 86.4. The molecule has 4 aliphatic rings. The summed E-state index contributed by atoms with van der Waals surface area (Å²) in [5, 5.41) is 0. The van der Waals surface area contributed by atoms with Gasteiger partial charge in [0.05, 0.1) is 12.2 Å². The molecule has 2 aromatic rings. The number of benzene rings is 1. The predicted molar refractivity (Wildman–Crippen MR) is 99.4 cm³/mol. The number of alkyl halides is 5. The Morgan fingerprint density at radius 1 is 1.09 bits per heavy atom. The van der Waals surface area contributed by atoms with Crippen molar-refractivity contribution in [3.63, 3.8) is 0 Å². The molecule has 2 saturated heterocycles. The molecule has 33 heavy (non-hydrogen) atoms. The minimum Gasteiger partial charge on any atom is -0.472 e. The summed E-state index contributed by atoms with van der Waals surface area (Å²) in [7, 11) is 0. The number of hydrogen-bond acceptors (Lipinski definition) is 5. The van der Waals surface area contributed by atoms with Gasteiger partial charge < -0.3 is 18.8 Å². The van der Waals surface area contributed by atoms with Crippen LogP contribution < -0.4 is 4.90 Å². The van der Waals surface area contributed by atoms with E-state index in [0.717, 1.165) is 12.1 Å². The van der Waals surface area contributed by atoms with Crippen LogP contribution in [0.3, 0.4) is 0 Å². The molecule has 2 fully saturated rings. The topological polar surface area (TPSA) is 61.1 Å². The van der Waals surface area contributed by atoms with E-state index >= 15 is 0 Å². The lowest BCUT2D eigenvalue weighted by molar-refractivity contribution is -0.341. The Labute approximate surface area is 182 Å². The number of carbonyl (C=O) groups is 1. The SMILES string of the molecule is O=C1N(Cc2ccc(C(F)(F)F)o2)c2ccccc2C12CC1=C3OC(F)(F)OC3CC=C1O2. The molecule has 1 spiro atoms. The Morgan fingerprint density at radius 2 is 1.88 bits per heavy atom. The van der Waals surface area contributed by atoms with Crippen molar-refractivity contribution in [2.45, 2.75) is 43.6 Å². The number of amides is 1. The van der Waals surface area contributed by atoms with E-state index in [0.29, 0.717) is 16.8 Å². The molecule has 172 valence electrons. The Hall–Kier alpha value is -3.34. The van der Waals surface area contributed by atoms with Crippen LogP contribution >= 0.6 is 0 Å². The lowest BCUT2D eigenvalue weighted by Gasteiger charge is -2.23. The first-order chi connectivity index (χ1) is 15.6. The second-order valence-electron chi connectivity index (χ2n) is 8.10. The standard InChI is InChI=1S/C22H14F5NO5/c23-21(24,25)17-8-5-11(30-17)10-28-14-4-2-1-3-13(14)20(19(28)29)9-12-15(31-20)6-7-16-18(12)33-22(26,27)32-16/h1-6,8,16H,7,9-10H2. The highest BCUT2D eigenvalue weighted by atomic mass is 19.4. The molecule has 0 saturated carbocycles. The Bertz CT molecular complexity index is 1250. The first-order valence-electron chi connectivity index (χ1n) is 10.0. The van der Waals surface area contributed by atoms with Gasteiger partial charge in [-0.2, -0.15) is 13.2 Å². The van der Waals surface area contributed by atoms with Crippen molar-refractivity contribution < 1.29 is 45.4 Å². The van der Waals surface area contributed by atoms with Gasteiger partial charge in [0.2, 0.25) is 11.4 Å². The lowest BCUT2D eigenvalue weighted by Crippen LogP contribution is -2.39. The summed E-state index contributed by atoms with van der Waals surface area (Å²) in [6, 6.07) is 8.62. The average molecular weight is 467 g/mol. The molecule has 0 N–H and O–H groups in total. The van der Waals surface area contributed by atoms with Crippen LogP contribution in [-0.4, -0.2) is 18.3 Å². The van der Waals surface area contributed by atoms with Gasteiger partial charge in [0.15, 0.2) is 0 Å². The maximum Gasteiger partial charge on any atom is 0.535 e. The van der Waals surface area contributed by atoms with Crippen LogP contribution in [-0.2, 0) is 37.3 Å². The van der Waals surface area contributed by atoms with E-state index < -0.39 is 35.8 Å². The predicted octanol–water partition coefficient (Wildman–Crippen LogP) is 4.97. The molecule has 2 unspecified atom stereocenters. The van der Waals surface area contributed by atoms with Crippen LogP contribution in [0.5, 0.6) is 0 Å². The number of hydrogen-bond donors (Lipinski definition) is 0. The van der Waals surface area contributed by atoms with Crippen molar-refractivity contribution in [2.24, 2.45) is 0 Å². The molecule has 0 bridgehead atoms. The van der Waals surface area contributed by atoms with Gasteiger partial charge >= 0.3 is 12.5 Å². The number of carbonyl (C=O) groups excluding carboxylic acids is 1. The van der Waals surface area contributed by atoms with Crippen molar-refractivity contribution in [1.82, 2.24) is 0 Å². The summed E-state index contributed by atoms with van der Waals surface area (Å²) >= 11 is 0. The highest BCUT2D eigenvalue weighted by Crippen LogP contribution is 2.56. The maximum atomic E-state index is 13.7. The van der Waals surface area contributed by atoms with Crippen LogP contribution in [0.4, 0.5) is 27.6 Å². The summed E-state index contributed by atoms with van der Waals surface area (Å²) in [5.74, 6) is -1.59. The highest BCUT2D eigenvalue weighted by molar-refractivity contribution is 6.07. The molecular weight excluding hydrogens is 453 g/mol. The molecule has 4 heterocycles. The van der Waals surface area contributed by atoms with Crippen LogP contribution in [0, 0.1) is 0 Å². The smallest absolute Gasteiger partial charge is 0.472 e. The minimum absolute atomic E-state index is 0.0635. The molecule has 6 rings (SSSR count). The van der Waals surface area contributed by atoms with E-state index in [1.54, 1.807) is 30.3 Å². The normalized spacial score (nSPS) is 27.3. The second-order valence-corrected chi connectivity index (χ2v) is 8.10. The first kappa shape index (κ1) is 20.3. The fourth-order valence-electron chi connectivity index (χ4n) is 4.75. The second kappa shape index (κ2) is 6.37. The van der Waals surface area contributed by atoms with E-state index in [-0.39, 0.29) is 36.7 Å². The van der Waals surface area contributed by atoms with E-state index in [9.17, 15) is 26.7 Å². The van der Waals surface area contributed by atoms with E-state index in [2.05, 4.69) is 4.74 Å². The van der Waals surface area contributed by atoms with Crippen LogP contribution in [0.25, 0.3) is 0 Å². The van der Waals surface area contributed by atoms with E-state index in [1.807, 2.05) is 0 Å². The molecule has 0 radical (unpaired) electrons. The summed E-state index contributed by atoms with van der Waals surface area (Å²) in [6.07, 6.45) is -7.83. The van der Waals surface area contributed by atoms with Gasteiger partial charge in [0, 0.05) is 24.0 Å². The Kier molecular flexibility index (Phi) is 3.92. The molecule has 1 aliphatic carbocycles. The molecule has 1 aromatic heterocycles. The van der Waals surface area contributed by atoms with Crippen molar-refractivity contribution in [2.75, 3.05) is 4.90 Å². The molecular formula is C22H14F5NO5. The van der Waals surface area contributed by atoms with Gasteiger partial charge in [-0.05, 0) is 24.3 Å². The number of fused-ring (bicyclic) bond motifs is 4. The van der Waals surface area contributed by atoms with E-state index in [4.69, 9.17) is 13.9 Å². The van der Waals surface area contributed by atoms with Crippen LogP contribution in [0.1, 0.15) is 29.9 Å². The third kappa shape index (κ3) is 2.91. The summed E-state index contributed by atoms with van der Waals surface area (Å²) in [6.45, 7) is -0.262. The zero-order chi connectivity index (χ0) is 23.2. The van der Waals surface area contributed by atoms with Gasteiger partial charge in [0.25, 0.3) is 5.91 Å². The fraction of sp³-hybridized carbons (Fsp3) is 0.318. The lowest BCUT2D eigenvalue weighted by atomic mass is 9.88. The number of nitrogens with zero attached hydrogens (tertiary/aromatic N) is 1. The molecule has 3 aliphatic heterocycles. The van der Waals surface area contributed by atoms with Crippen LogP contribution in [0.15, 0.2) is 64.0 Å². The van der Waals surface area contributed by atoms with Crippen LogP contribution in [0.2, 0.25) is 0 Å². The zero-order valence-corrected chi connectivity index (χ0v) is 16.6. The monoisotopic (exact) mass is 467 g/mol. The van der Waals surface area contributed by atoms with Gasteiger partial charge in [-0.1, -0.05) is 18.2 Å². The zero-order valence-electron chi connectivity index (χ0n) is 16.6. The average Bonchev–Trinajstić information content (AvgIpc) is 3.48. The first-order valence-corrected chi connectivity index (χ1v) is 10.0. The van der Waals surface area contributed by atoms with Gasteiger partial charge in [-0.15, -0.1) is 8.78 Å².